The van der Waals surface area contributed by atoms with Crippen LogP contribution in [0.1, 0.15) is 12.5 Å². The van der Waals surface area contributed by atoms with Crippen molar-refractivity contribution in [2.24, 2.45) is 12.1 Å². The average Bonchev–Trinajstić information content (AvgIpc) is 3.08. The molecular formula is C19H21FN6O3. The SMILES string of the molecule is COCCN1N=C(C)Cn2c1nc1c2c(=O)n(Cc2ccc(F)cc2)c(=O)n1C. The summed E-state index contributed by atoms with van der Waals surface area (Å²) in [6.07, 6.45) is 0. The fourth-order valence-corrected chi connectivity index (χ4v) is 3.46. The maximum atomic E-state index is 13.3. The van der Waals surface area contributed by atoms with Gasteiger partial charge in [-0.1, -0.05) is 12.1 Å². The zero-order valence-electron chi connectivity index (χ0n) is 16.4. The quantitative estimate of drug-likeness (QED) is 0.636. The molecule has 0 fully saturated rings. The van der Waals surface area contributed by atoms with E-state index in [1.165, 1.54) is 16.7 Å². The Labute approximate surface area is 165 Å². The zero-order valence-corrected chi connectivity index (χ0v) is 16.4. The van der Waals surface area contributed by atoms with E-state index in [1.54, 1.807) is 35.9 Å². The highest BCUT2D eigenvalue weighted by atomic mass is 19.1. The number of nitrogens with zero attached hydrogens (tertiary/aromatic N) is 6. The van der Waals surface area contributed by atoms with Crippen molar-refractivity contribution in [3.05, 3.63) is 56.5 Å². The first-order valence-electron chi connectivity index (χ1n) is 9.15. The fourth-order valence-electron chi connectivity index (χ4n) is 3.46. The molecular weight excluding hydrogens is 379 g/mol. The number of ether oxygens (including phenoxy) is 1. The minimum Gasteiger partial charge on any atom is -0.383 e. The van der Waals surface area contributed by atoms with Gasteiger partial charge in [-0.05, 0) is 24.6 Å². The smallest absolute Gasteiger partial charge is 0.332 e. The number of halogens is 1. The van der Waals surface area contributed by atoms with Crippen molar-refractivity contribution in [1.82, 2.24) is 18.7 Å². The summed E-state index contributed by atoms with van der Waals surface area (Å²) in [5, 5.41) is 6.17. The Morgan fingerprint density at radius 3 is 2.62 bits per heavy atom. The second kappa shape index (κ2) is 7.28. The van der Waals surface area contributed by atoms with Gasteiger partial charge in [0.1, 0.15) is 5.82 Å². The summed E-state index contributed by atoms with van der Waals surface area (Å²) in [5.74, 6) is 0.120. The number of aromatic nitrogens is 4. The molecule has 0 N–H and O–H groups in total. The van der Waals surface area contributed by atoms with E-state index in [9.17, 15) is 14.0 Å². The summed E-state index contributed by atoms with van der Waals surface area (Å²) in [5.41, 5.74) is 1.18. The summed E-state index contributed by atoms with van der Waals surface area (Å²) < 4.78 is 22.6. The predicted octanol–water partition coefficient (Wildman–Crippen LogP) is 0.926. The van der Waals surface area contributed by atoms with Crippen molar-refractivity contribution in [1.29, 1.82) is 0 Å². The monoisotopic (exact) mass is 400 g/mol. The maximum absolute atomic E-state index is 13.3. The fraction of sp³-hybridized carbons (Fsp3) is 0.368. The third kappa shape index (κ3) is 3.25. The summed E-state index contributed by atoms with van der Waals surface area (Å²) in [4.78, 5) is 30.6. The van der Waals surface area contributed by atoms with Gasteiger partial charge in [-0.15, -0.1) is 0 Å². The highest BCUT2D eigenvalue weighted by molar-refractivity contribution is 5.87. The van der Waals surface area contributed by atoms with Gasteiger partial charge in [-0.2, -0.15) is 10.1 Å². The molecule has 152 valence electrons. The Kier molecular flexibility index (Phi) is 4.79. The minimum absolute atomic E-state index is 0.0443. The maximum Gasteiger partial charge on any atom is 0.332 e. The van der Waals surface area contributed by atoms with E-state index >= 15 is 0 Å². The first-order chi connectivity index (χ1) is 13.9. The Morgan fingerprint density at radius 2 is 1.93 bits per heavy atom. The molecule has 9 nitrogen and oxygen atoms in total. The van der Waals surface area contributed by atoms with E-state index in [0.29, 0.717) is 42.4 Å². The lowest BCUT2D eigenvalue weighted by Crippen LogP contribution is -2.40. The lowest BCUT2D eigenvalue weighted by atomic mass is 10.2. The van der Waals surface area contributed by atoms with Crippen LogP contribution in [0.2, 0.25) is 0 Å². The molecule has 0 radical (unpaired) electrons. The van der Waals surface area contributed by atoms with Crippen LogP contribution in [0.25, 0.3) is 11.2 Å². The molecule has 0 spiro atoms. The number of fused-ring (bicyclic) bond motifs is 3. The van der Waals surface area contributed by atoms with Crippen LogP contribution >= 0.6 is 0 Å². The average molecular weight is 400 g/mol. The van der Waals surface area contributed by atoms with Gasteiger partial charge in [0.05, 0.1) is 32.0 Å². The Balaban J connectivity index is 1.89. The van der Waals surface area contributed by atoms with Crippen molar-refractivity contribution in [2.75, 3.05) is 25.3 Å². The van der Waals surface area contributed by atoms with Gasteiger partial charge in [-0.25, -0.2) is 14.2 Å². The van der Waals surface area contributed by atoms with Gasteiger partial charge in [-0.3, -0.25) is 18.5 Å². The largest absolute Gasteiger partial charge is 0.383 e. The third-order valence-corrected chi connectivity index (χ3v) is 4.88. The highest BCUT2D eigenvalue weighted by Crippen LogP contribution is 2.23. The van der Waals surface area contributed by atoms with Crippen LogP contribution in [-0.2, 0) is 24.9 Å². The number of aryl methyl sites for hydroxylation is 1. The Morgan fingerprint density at radius 1 is 1.21 bits per heavy atom. The van der Waals surface area contributed by atoms with E-state index in [4.69, 9.17) is 4.74 Å². The van der Waals surface area contributed by atoms with Gasteiger partial charge in [0.25, 0.3) is 5.56 Å². The molecule has 3 heterocycles. The number of hydrazone groups is 1. The van der Waals surface area contributed by atoms with Crippen molar-refractivity contribution in [3.8, 4) is 0 Å². The van der Waals surface area contributed by atoms with Crippen LogP contribution in [0.3, 0.4) is 0 Å². The number of benzene rings is 1. The van der Waals surface area contributed by atoms with Crippen LogP contribution in [-0.4, -0.2) is 44.7 Å². The molecule has 0 aliphatic carbocycles. The molecule has 3 aromatic rings. The van der Waals surface area contributed by atoms with Gasteiger partial charge in [0, 0.05) is 14.2 Å². The van der Waals surface area contributed by atoms with Crippen LogP contribution in [0.5, 0.6) is 0 Å². The molecule has 2 aromatic heterocycles. The lowest BCUT2D eigenvalue weighted by molar-refractivity contribution is 0.205. The van der Waals surface area contributed by atoms with E-state index in [0.717, 1.165) is 10.3 Å². The van der Waals surface area contributed by atoms with E-state index in [-0.39, 0.29) is 12.4 Å². The normalized spacial score (nSPS) is 13.7. The lowest BCUT2D eigenvalue weighted by Gasteiger charge is -2.24. The molecule has 1 aliphatic rings. The molecule has 0 saturated carbocycles. The first kappa shape index (κ1) is 19.1. The van der Waals surface area contributed by atoms with Crippen LogP contribution in [0.15, 0.2) is 39.0 Å². The molecule has 0 unspecified atom stereocenters. The zero-order chi connectivity index (χ0) is 20.7. The molecule has 0 saturated heterocycles. The molecule has 1 aromatic carbocycles. The molecule has 0 bridgehead atoms. The third-order valence-electron chi connectivity index (χ3n) is 4.88. The standard InChI is InChI=1S/C19H21FN6O3/c1-12-10-24-15-16(21-18(24)26(22-12)8-9-29-3)23(2)19(28)25(17(15)27)11-13-4-6-14(20)7-5-13/h4-7H,8-11H2,1-3H3. The summed E-state index contributed by atoms with van der Waals surface area (Å²) >= 11 is 0. The molecule has 10 heteroatoms. The molecule has 29 heavy (non-hydrogen) atoms. The van der Waals surface area contributed by atoms with Crippen LogP contribution in [0.4, 0.5) is 10.3 Å². The summed E-state index contributed by atoms with van der Waals surface area (Å²) in [6, 6.07) is 5.72. The summed E-state index contributed by atoms with van der Waals surface area (Å²) in [6.45, 7) is 3.22. The molecule has 0 amide bonds. The Bertz CT molecular complexity index is 1220. The Hall–Kier alpha value is -3.27. The van der Waals surface area contributed by atoms with Gasteiger partial charge in [0.2, 0.25) is 5.95 Å². The second-order valence-corrected chi connectivity index (χ2v) is 6.98. The predicted molar refractivity (Wildman–Crippen MR) is 107 cm³/mol. The number of hydrogen-bond acceptors (Lipinski definition) is 6. The van der Waals surface area contributed by atoms with Gasteiger partial charge < -0.3 is 4.74 Å². The second-order valence-electron chi connectivity index (χ2n) is 6.98. The number of imidazole rings is 1. The highest BCUT2D eigenvalue weighted by Gasteiger charge is 2.26. The van der Waals surface area contributed by atoms with Crippen molar-refractivity contribution in [3.63, 3.8) is 0 Å². The van der Waals surface area contributed by atoms with Crippen LogP contribution < -0.4 is 16.3 Å². The number of anilines is 1. The van der Waals surface area contributed by atoms with E-state index < -0.39 is 11.2 Å². The van der Waals surface area contributed by atoms with Crippen molar-refractivity contribution >= 4 is 22.8 Å². The van der Waals surface area contributed by atoms with Crippen LogP contribution in [0, 0.1) is 5.82 Å². The molecule has 4 rings (SSSR count). The van der Waals surface area contributed by atoms with Gasteiger partial charge in [0.15, 0.2) is 11.2 Å². The van der Waals surface area contributed by atoms with E-state index in [2.05, 4.69) is 10.1 Å². The summed E-state index contributed by atoms with van der Waals surface area (Å²) in [7, 11) is 3.18. The molecule has 0 atom stereocenters. The number of hydrogen-bond donors (Lipinski definition) is 0. The van der Waals surface area contributed by atoms with Crippen molar-refractivity contribution < 1.29 is 9.13 Å². The first-order valence-corrected chi connectivity index (χ1v) is 9.15. The number of rotatable bonds is 5. The van der Waals surface area contributed by atoms with E-state index in [1.807, 2.05) is 6.92 Å². The van der Waals surface area contributed by atoms with Gasteiger partial charge >= 0.3 is 5.69 Å². The van der Waals surface area contributed by atoms with Crippen molar-refractivity contribution in [2.45, 2.75) is 20.0 Å². The number of methoxy groups -OCH3 is 1. The topological polar surface area (TPSA) is 86.7 Å². The molecule has 1 aliphatic heterocycles. The minimum atomic E-state index is -0.483.